The molecule has 130 valence electrons. The smallest absolute Gasteiger partial charge is 0.330 e. The van der Waals surface area contributed by atoms with Crippen LogP contribution in [0.25, 0.3) is 0 Å². The molecule has 0 fully saturated rings. The number of carbonyl (C=O) groups excluding carboxylic acids is 1. The van der Waals surface area contributed by atoms with Gasteiger partial charge in [0.15, 0.2) is 6.04 Å². The van der Waals surface area contributed by atoms with Crippen LogP contribution in [0, 0.1) is 0 Å². The number of aliphatic carboxylic acids is 2. The van der Waals surface area contributed by atoms with Gasteiger partial charge in [-0.1, -0.05) is 42.5 Å². The summed E-state index contributed by atoms with van der Waals surface area (Å²) in [5.41, 5.74) is 1.55. The molecule has 0 aliphatic rings. The van der Waals surface area contributed by atoms with E-state index in [9.17, 15) is 19.5 Å². The molecule has 0 aliphatic heterocycles. The molecule has 2 aromatic carbocycles. The molecule has 0 aromatic heterocycles. The van der Waals surface area contributed by atoms with Crippen LogP contribution in [0.2, 0.25) is 0 Å². The first-order valence-corrected chi connectivity index (χ1v) is 7.87. The molecule has 3 N–H and O–H groups in total. The first-order valence-electron chi connectivity index (χ1n) is 7.87. The summed E-state index contributed by atoms with van der Waals surface area (Å²) in [6.45, 7) is 0. The Balaban J connectivity index is 2.21. The van der Waals surface area contributed by atoms with Gasteiger partial charge < -0.3 is 15.5 Å². The normalized spacial score (nSPS) is 11.5. The monoisotopic (exact) mass is 341 g/mol. The largest absolute Gasteiger partial charge is 0.481 e. The topological polar surface area (TPSA) is 104 Å². The number of hydrogen-bond donors (Lipinski definition) is 3. The van der Waals surface area contributed by atoms with Crippen LogP contribution in [0.5, 0.6) is 0 Å². The zero-order valence-electron chi connectivity index (χ0n) is 13.5. The van der Waals surface area contributed by atoms with Crippen molar-refractivity contribution in [1.82, 2.24) is 5.32 Å². The van der Waals surface area contributed by atoms with E-state index in [1.807, 2.05) is 0 Å². The van der Waals surface area contributed by atoms with Crippen LogP contribution in [-0.4, -0.2) is 28.1 Å². The van der Waals surface area contributed by atoms with E-state index < -0.39 is 23.9 Å². The van der Waals surface area contributed by atoms with Gasteiger partial charge in [-0.25, -0.2) is 4.79 Å². The summed E-state index contributed by atoms with van der Waals surface area (Å²) in [5, 5.41) is 20.8. The summed E-state index contributed by atoms with van der Waals surface area (Å²) in [5.74, 6) is -2.55. The molecule has 0 radical (unpaired) electrons. The van der Waals surface area contributed by atoms with Gasteiger partial charge in [-0.05, 0) is 36.1 Å². The predicted octanol–water partition coefficient (Wildman–Crippen LogP) is 2.65. The Morgan fingerprint density at radius 1 is 0.920 bits per heavy atom. The van der Waals surface area contributed by atoms with Gasteiger partial charge in [-0.15, -0.1) is 0 Å². The lowest BCUT2D eigenvalue weighted by atomic mass is 9.96. The molecule has 2 aromatic rings. The Bertz CT molecular complexity index is 757. The van der Waals surface area contributed by atoms with Crippen LogP contribution in [0.4, 0.5) is 0 Å². The van der Waals surface area contributed by atoms with Gasteiger partial charge in [-0.2, -0.15) is 0 Å². The van der Waals surface area contributed by atoms with Gasteiger partial charge in [0, 0.05) is 12.0 Å². The van der Waals surface area contributed by atoms with Gasteiger partial charge >= 0.3 is 11.9 Å². The molecule has 0 saturated heterocycles. The number of hydrogen-bond acceptors (Lipinski definition) is 3. The molecule has 1 unspecified atom stereocenters. The second-order valence-corrected chi connectivity index (χ2v) is 5.56. The summed E-state index contributed by atoms with van der Waals surface area (Å²) < 4.78 is 0. The second-order valence-electron chi connectivity index (χ2n) is 5.56. The highest BCUT2D eigenvalue weighted by atomic mass is 16.4. The zero-order valence-corrected chi connectivity index (χ0v) is 13.5. The highest BCUT2D eigenvalue weighted by molar-refractivity contribution is 5.96. The van der Waals surface area contributed by atoms with Crippen molar-refractivity contribution >= 4 is 17.8 Å². The van der Waals surface area contributed by atoms with Crippen molar-refractivity contribution < 1.29 is 24.6 Å². The zero-order chi connectivity index (χ0) is 18.2. The number of carboxylic acids is 2. The summed E-state index contributed by atoms with van der Waals surface area (Å²) >= 11 is 0. The molecule has 6 heteroatoms. The van der Waals surface area contributed by atoms with Gasteiger partial charge in [0.05, 0.1) is 0 Å². The van der Waals surface area contributed by atoms with Crippen molar-refractivity contribution in [3.8, 4) is 0 Å². The molecule has 0 saturated carbocycles. The molecule has 0 aliphatic carbocycles. The standard InChI is InChI=1S/C19H19NO5/c21-16(22)12-6-10-13-7-4-5-11-15(13)17(19(24)25)20-18(23)14-8-2-1-3-9-14/h1-5,7-9,11,17H,6,10,12H2,(H,20,23)(H,21,22)(H,24,25). The lowest BCUT2D eigenvalue weighted by molar-refractivity contribution is -0.139. The fourth-order valence-corrected chi connectivity index (χ4v) is 2.55. The van der Waals surface area contributed by atoms with E-state index in [0.717, 1.165) is 0 Å². The molecule has 6 nitrogen and oxygen atoms in total. The van der Waals surface area contributed by atoms with Crippen LogP contribution in [0.3, 0.4) is 0 Å². The first-order chi connectivity index (χ1) is 12.0. The van der Waals surface area contributed by atoms with Gasteiger partial charge in [-0.3, -0.25) is 9.59 Å². The average molecular weight is 341 g/mol. The van der Waals surface area contributed by atoms with E-state index >= 15 is 0 Å². The number of aryl methyl sites for hydroxylation is 1. The Kier molecular flexibility index (Phi) is 6.28. The Morgan fingerprint density at radius 2 is 1.56 bits per heavy atom. The minimum absolute atomic E-state index is 0.00243. The maximum absolute atomic E-state index is 12.3. The van der Waals surface area contributed by atoms with E-state index in [1.165, 1.54) is 0 Å². The third-order valence-electron chi connectivity index (χ3n) is 3.76. The Labute approximate surface area is 145 Å². The fraction of sp³-hybridized carbons (Fsp3) is 0.211. The van der Waals surface area contributed by atoms with Gasteiger partial charge in [0.2, 0.25) is 0 Å². The average Bonchev–Trinajstić information content (AvgIpc) is 2.60. The lowest BCUT2D eigenvalue weighted by Gasteiger charge is -2.18. The molecule has 1 atom stereocenters. The van der Waals surface area contributed by atoms with E-state index in [2.05, 4.69) is 5.32 Å². The molecular weight excluding hydrogens is 322 g/mol. The molecular formula is C19H19NO5. The summed E-state index contributed by atoms with van der Waals surface area (Å²) in [6, 6.07) is 14.0. The van der Waals surface area contributed by atoms with Crippen molar-refractivity contribution in [1.29, 1.82) is 0 Å². The van der Waals surface area contributed by atoms with Gasteiger partial charge in [0.25, 0.3) is 5.91 Å². The summed E-state index contributed by atoms with van der Waals surface area (Å²) in [6.07, 6.45) is 0.821. The van der Waals surface area contributed by atoms with Crippen molar-refractivity contribution in [2.75, 3.05) is 0 Å². The number of benzene rings is 2. The number of carbonyl (C=O) groups is 3. The summed E-state index contributed by atoms with van der Waals surface area (Å²) in [7, 11) is 0. The predicted molar refractivity (Wildman–Crippen MR) is 91.3 cm³/mol. The minimum Gasteiger partial charge on any atom is -0.481 e. The maximum atomic E-state index is 12.3. The number of carboxylic acid groups (broad SMARTS) is 2. The highest BCUT2D eigenvalue weighted by Crippen LogP contribution is 2.21. The van der Waals surface area contributed by atoms with Crippen molar-refractivity contribution in [2.24, 2.45) is 0 Å². The van der Waals surface area contributed by atoms with Gasteiger partial charge in [0.1, 0.15) is 0 Å². The minimum atomic E-state index is -1.20. The fourth-order valence-electron chi connectivity index (χ4n) is 2.55. The molecule has 0 bridgehead atoms. The second kappa shape index (κ2) is 8.63. The van der Waals surface area contributed by atoms with Crippen molar-refractivity contribution in [3.63, 3.8) is 0 Å². The maximum Gasteiger partial charge on any atom is 0.330 e. The van der Waals surface area contributed by atoms with E-state index in [1.54, 1.807) is 54.6 Å². The molecule has 1 amide bonds. The van der Waals surface area contributed by atoms with E-state index in [4.69, 9.17) is 5.11 Å². The molecule has 25 heavy (non-hydrogen) atoms. The lowest BCUT2D eigenvalue weighted by Crippen LogP contribution is -2.34. The summed E-state index contributed by atoms with van der Waals surface area (Å²) in [4.78, 5) is 34.7. The highest BCUT2D eigenvalue weighted by Gasteiger charge is 2.24. The van der Waals surface area contributed by atoms with E-state index in [-0.39, 0.29) is 6.42 Å². The Hall–Kier alpha value is -3.15. The third-order valence-corrected chi connectivity index (χ3v) is 3.76. The van der Waals surface area contributed by atoms with Crippen LogP contribution in [0.1, 0.15) is 40.4 Å². The van der Waals surface area contributed by atoms with E-state index in [0.29, 0.717) is 29.5 Å². The number of rotatable bonds is 8. The molecule has 0 heterocycles. The number of nitrogens with one attached hydrogen (secondary N) is 1. The molecule has 0 spiro atoms. The SMILES string of the molecule is O=C(O)CCCc1ccccc1C(NC(=O)c1ccccc1)C(=O)O. The van der Waals surface area contributed by atoms with Crippen molar-refractivity contribution in [3.05, 3.63) is 71.3 Å². The van der Waals surface area contributed by atoms with Crippen LogP contribution in [-0.2, 0) is 16.0 Å². The van der Waals surface area contributed by atoms with Crippen LogP contribution in [0.15, 0.2) is 54.6 Å². The first kappa shape index (κ1) is 18.2. The quantitative estimate of drug-likeness (QED) is 0.685. The van der Waals surface area contributed by atoms with Crippen LogP contribution < -0.4 is 5.32 Å². The third kappa shape index (κ3) is 5.17. The Morgan fingerprint density at radius 3 is 2.20 bits per heavy atom. The molecule has 2 rings (SSSR count). The number of amides is 1. The van der Waals surface area contributed by atoms with Crippen molar-refractivity contribution in [2.45, 2.75) is 25.3 Å². The van der Waals surface area contributed by atoms with Crippen LogP contribution >= 0.6 is 0 Å².